The number of hydrogen-bond donors (Lipinski definition) is 0. The van der Waals surface area contributed by atoms with Crippen LogP contribution in [-0.2, 0) is 33.7 Å². The van der Waals surface area contributed by atoms with E-state index in [-0.39, 0.29) is 0 Å². The van der Waals surface area contributed by atoms with E-state index in [0.29, 0.717) is 11.8 Å². The Morgan fingerprint density at radius 3 is 1.45 bits per heavy atom. The fourth-order valence-corrected chi connectivity index (χ4v) is 9.24. The van der Waals surface area contributed by atoms with Crippen LogP contribution in [0.15, 0.2) is 152 Å². The average Bonchev–Trinajstić information content (AvgIpc) is 4.02. The molecule has 8 aromatic rings. The van der Waals surface area contributed by atoms with Crippen molar-refractivity contribution in [3.05, 3.63) is 180 Å². The summed E-state index contributed by atoms with van der Waals surface area (Å²) in [6, 6.07) is 58.6. The van der Waals surface area contributed by atoms with Crippen LogP contribution in [0.2, 0.25) is 0 Å². The van der Waals surface area contributed by atoms with Gasteiger partial charge in [-0.25, -0.2) is 0 Å². The predicted molar refractivity (Wildman–Crippen MR) is 254 cm³/mol. The first-order valence-electron chi connectivity index (χ1n) is 20.7. The van der Waals surface area contributed by atoms with E-state index in [1.54, 1.807) is 0 Å². The zero-order valence-electron chi connectivity index (χ0n) is 34.7. The number of hydrogen-bond acceptors (Lipinski definition) is 0. The van der Waals surface area contributed by atoms with Crippen molar-refractivity contribution in [3.63, 3.8) is 0 Å². The molecule has 0 aliphatic carbocycles. The third-order valence-corrected chi connectivity index (χ3v) is 13.0. The van der Waals surface area contributed by atoms with Gasteiger partial charge in [0.05, 0.1) is 9.52 Å². The summed E-state index contributed by atoms with van der Waals surface area (Å²) in [6.45, 7) is 13.6. The van der Waals surface area contributed by atoms with E-state index in [1.165, 1.54) is 100 Å². The standard InChI is InChI=1S/2C21H23.C12H7Si.2ClH.Zr/c2*1-4-15(3)18-13-17-10-8-12-20(21(17)14-18)19-11-7-6-9-16(19)5-2;1-3-7-11-9(5-1)10-6-2-4-8-12(10)13-11;;;/h2*6-15H,4-5H2,1-3H3;1-7H;2*1H;/q3*-1;;;+2/p-2. The van der Waals surface area contributed by atoms with E-state index < -0.39 is 20.8 Å². The minimum Gasteiger partial charge on any atom is -0.184 e. The van der Waals surface area contributed by atoms with Gasteiger partial charge in [0, 0.05) is 0 Å². The summed E-state index contributed by atoms with van der Waals surface area (Å²) in [7, 11) is 10.7. The Hall–Kier alpha value is -3.78. The Bertz CT molecular complexity index is 2370. The van der Waals surface area contributed by atoms with Crippen LogP contribution in [0.5, 0.6) is 0 Å². The molecule has 0 fully saturated rings. The van der Waals surface area contributed by atoms with Crippen molar-refractivity contribution in [2.24, 2.45) is 0 Å². The Morgan fingerprint density at radius 2 is 0.966 bits per heavy atom. The third kappa shape index (κ3) is 10.1. The van der Waals surface area contributed by atoms with Crippen LogP contribution in [0.4, 0.5) is 0 Å². The van der Waals surface area contributed by atoms with Crippen molar-refractivity contribution < 1.29 is 20.8 Å². The van der Waals surface area contributed by atoms with E-state index in [1.807, 2.05) is 6.07 Å². The van der Waals surface area contributed by atoms with E-state index in [2.05, 4.69) is 193 Å². The topological polar surface area (TPSA) is 0 Å². The molecule has 0 amide bonds. The first-order valence-corrected chi connectivity index (χ1v) is 28.1. The fourth-order valence-electron chi connectivity index (χ4n) is 7.94. The maximum atomic E-state index is 4.93. The predicted octanol–water partition coefficient (Wildman–Crippen LogP) is 15.1. The first kappa shape index (κ1) is 43.8. The van der Waals surface area contributed by atoms with E-state index in [4.69, 9.17) is 17.0 Å². The molecule has 0 N–H and O–H groups in total. The second-order valence-corrected chi connectivity index (χ2v) is 20.1. The van der Waals surface area contributed by atoms with E-state index in [0.717, 1.165) is 22.4 Å². The van der Waals surface area contributed by atoms with Crippen molar-refractivity contribution in [1.82, 2.24) is 0 Å². The minimum atomic E-state index is -0.826. The number of fused-ring (bicyclic) bond motifs is 5. The molecule has 0 aromatic heterocycles. The third-order valence-electron chi connectivity index (χ3n) is 11.6. The molecule has 9 rings (SSSR count). The van der Waals surface area contributed by atoms with Crippen molar-refractivity contribution in [1.29, 1.82) is 0 Å². The quantitative estimate of drug-likeness (QED) is 0.105. The average molecular weight is 892 g/mol. The summed E-state index contributed by atoms with van der Waals surface area (Å²) in [6.07, 6.45) is 4.53. The van der Waals surface area contributed by atoms with Crippen LogP contribution in [-0.4, -0.2) is 9.52 Å². The van der Waals surface area contributed by atoms with Gasteiger partial charge in [-0.1, -0.05) is 161 Å². The molecule has 8 aromatic carbocycles. The van der Waals surface area contributed by atoms with Gasteiger partial charge in [-0.15, -0.1) is 74.6 Å². The molecule has 58 heavy (non-hydrogen) atoms. The molecular weight excluding hydrogens is 839 g/mol. The Kier molecular flexibility index (Phi) is 16.2. The SMILES string of the molecule is CCc1ccccc1-c1cccc2[cH-]c(C(C)CC)cc12.CCc1ccccc1-c1cccc2[cH-]c(C(C)CC)cc12.[Cl][Zr][Cl].[c-]1cccc2c1[Si]c1ccccc1-2. The Labute approximate surface area is 368 Å². The molecule has 2 atom stereocenters. The molecular formula is C54H53Cl2SiZr-3. The van der Waals surface area contributed by atoms with Gasteiger partial charge in [0.15, 0.2) is 0 Å². The molecule has 294 valence electrons. The molecule has 1 heterocycles. The molecule has 0 saturated heterocycles. The van der Waals surface area contributed by atoms with Gasteiger partial charge in [-0.3, -0.25) is 0 Å². The van der Waals surface area contributed by atoms with Crippen LogP contribution in [0.25, 0.3) is 54.9 Å². The first-order chi connectivity index (χ1) is 28.3. The van der Waals surface area contributed by atoms with Gasteiger partial charge >= 0.3 is 37.9 Å². The summed E-state index contributed by atoms with van der Waals surface area (Å²) in [5, 5.41) is 8.36. The maximum absolute atomic E-state index is 4.93. The van der Waals surface area contributed by atoms with Gasteiger partial charge in [0.25, 0.3) is 0 Å². The monoisotopic (exact) mass is 889 g/mol. The summed E-state index contributed by atoms with van der Waals surface area (Å²) in [5.41, 5.74) is 14.1. The van der Waals surface area contributed by atoms with Crippen LogP contribution in [0.1, 0.15) is 88.5 Å². The normalized spacial score (nSPS) is 12.2. The van der Waals surface area contributed by atoms with Gasteiger partial charge in [-0.05, 0) is 46.9 Å². The second-order valence-electron chi connectivity index (χ2n) is 15.0. The van der Waals surface area contributed by atoms with Gasteiger partial charge in [0.2, 0.25) is 0 Å². The molecule has 2 radical (unpaired) electrons. The van der Waals surface area contributed by atoms with Crippen molar-refractivity contribution in [2.45, 2.75) is 79.1 Å². The summed E-state index contributed by atoms with van der Waals surface area (Å²) in [4.78, 5) is 0. The van der Waals surface area contributed by atoms with Gasteiger partial charge in [-0.2, -0.15) is 41.6 Å². The Balaban J connectivity index is 0.000000145. The molecule has 1 aliphatic heterocycles. The number of aryl methyl sites for hydroxylation is 2. The summed E-state index contributed by atoms with van der Waals surface area (Å²) in [5.74, 6) is 1.26. The fraction of sp³-hybridized carbons (Fsp3) is 0.222. The van der Waals surface area contributed by atoms with Crippen molar-refractivity contribution in [2.75, 3.05) is 0 Å². The largest absolute Gasteiger partial charge is 0.184 e. The minimum absolute atomic E-state index is 0.631. The van der Waals surface area contributed by atoms with Crippen LogP contribution in [0, 0.1) is 6.07 Å². The number of halogens is 2. The molecule has 0 nitrogen and oxygen atoms in total. The second kappa shape index (κ2) is 21.5. The summed E-state index contributed by atoms with van der Waals surface area (Å²) < 4.78 is 0. The van der Waals surface area contributed by atoms with E-state index in [9.17, 15) is 0 Å². The van der Waals surface area contributed by atoms with E-state index >= 15 is 0 Å². The van der Waals surface area contributed by atoms with Crippen molar-refractivity contribution in [3.8, 4) is 33.4 Å². The van der Waals surface area contributed by atoms with Crippen LogP contribution < -0.4 is 10.4 Å². The zero-order chi connectivity index (χ0) is 41.0. The number of rotatable bonds is 8. The molecule has 0 bridgehead atoms. The smallest absolute Gasteiger partial charge is 0.0920 e. The molecule has 1 aliphatic rings. The Morgan fingerprint density at radius 1 is 0.534 bits per heavy atom. The summed E-state index contributed by atoms with van der Waals surface area (Å²) >= 11 is -0.826. The van der Waals surface area contributed by atoms with Gasteiger partial charge in [0.1, 0.15) is 0 Å². The zero-order valence-corrected chi connectivity index (χ0v) is 39.6. The van der Waals surface area contributed by atoms with Crippen molar-refractivity contribution >= 4 is 58.5 Å². The van der Waals surface area contributed by atoms with Crippen LogP contribution in [0.3, 0.4) is 0 Å². The maximum Gasteiger partial charge on any atom is 0.0920 e. The van der Waals surface area contributed by atoms with Gasteiger partial charge < -0.3 is 0 Å². The molecule has 4 heteroatoms. The molecule has 0 spiro atoms. The number of benzene rings is 6. The molecule has 2 unspecified atom stereocenters. The van der Waals surface area contributed by atoms with Crippen LogP contribution >= 0.6 is 17.0 Å². The molecule has 0 saturated carbocycles.